The van der Waals surface area contributed by atoms with Gasteiger partial charge in [0.05, 0.1) is 11.0 Å². The van der Waals surface area contributed by atoms with Crippen LogP contribution < -0.4 is 16.4 Å². The molecular weight excluding hydrogens is 386 g/mol. The number of nitrogens with zero attached hydrogens (tertiary/aromatic N) is 1. The molecule has 0 atom stereocenters. The first-order valence-electron chi connectivity index (χ1n) is 7.75. The van der Waals surface area contributed by atoms with Gasteiger partial charge in [0.1, 0.15) is 0 Å². The molecule has 0 aliphatic carbocycles. The molecule has 2 N–H and O–H groups in total. The summed E-state index contributed by atoms with van der Waals surface area (Å²) in [7, 11) is 0. The predicted molar refractivity (Wildman–Crippen MR) is 101 cm³/mol. The molecule has 0 saturated carbocycles. The van der Waals surface area contributed by atoms with E-state index in [-0.39, 0.29) is 5.91 Å². The highest BCUT2D eigenvalue weighted by atomic mass is 79.9. The Morgan fingerprint density at radius 2 is 1.96 bits per heavy atom. The Morgan fingerprint density at radius 1 is 1.20 bits per heavy atom. The van der Waals surface area contributed by atoms with E-state index < -0.39 is 11.1 Å². The number of aromatic amines is 1. The quantitative estimate of drug-likeness (QED) is 0.661. The van der Waals surface area contributed by atoms with Crippen LogP contribution in [0.2, 0.25) is 0 Å². The van der Waals surface area contributed by atoms with Crippen molar-refractivity contribution in [3.8, 4) is 0 Å². The number of halogens is 1. The number of aryl methyl sites for hydroxylation is 2. The van der Waals surface area contributed by atoms with E-state index in [0.29, 0.717) is 28.8 Å². The molecule has 0 radical (unpaired) electrons. The van der Waals surface area contributed by atoms with E-state index in [1.807, 2.05) is 19.1 Å². The van der Waals surface area contributed by atoms with Crippen LogP contribution in [0.1, 0.15) is 22.8 Å². The van der Waals surface area contributed by atoms with Gasteiger partial charge in [-0.1, -0.05) is 15.9 Å². The van der Waals surface area contributed by atoms with Gasteiger partial charge in [-0.3, -0.25) is 14.4 Å². The number of benzene rings is 2. The lowest BCUT2D eigenvalue weighted by Gasteiger charge is -2.10. The monoisotopic (exact) mass is 401 g/mol. The van der Waals surface area contributed by atoms with Crippen molar-refractivity contribution in [3.05, 3.63) is 72.7 Å². The number of carbonyl (C=O) groups excluding carboxylic acids is 1. The molecule has 3 aromatic rings. The molecule has 0 saturated heterocycles. The zero-order valence-electron chi connectivity index (χ0n) is 13.7. The largest absolute Gasteiger partial charge is 0.322 e. The van der Waals surface area contributed by atoms with Gasteiger partial charge < -0.3 is 14.9 Å². The summed E-state index contributed by atoms with van der Waals surface area (Å²) in [5.41, 5.74) is 1.82. The Hall–Kier alpha value is -2.67. The molecule has 0 aliphatic rings. The molecule has 1 amide bonds. The third kappa shape index (κ3) is 3.28. The average Bonchev–Trinajstić information content (AvgIpc) is 2.59. The lowest BCUT2D eigenvalue weighted by Crippen LogP contribution is -2.36. The first kappa shape index (κ1) is 17.2. The van der Waals surface area contributed by atoms with Crippen molar-refractivity contribution in [2.45, 2.75) is 20.4 Å². The zero-order chi connectivity index (χ0) is 18.1. The zero-order valence-corrected chi connectivity index (χ0v) is 15.3. The summed E-state index contributed by atoms with van der Waals surface area (Å²) >= 11 is 3.42. The van der Waals surface area contributed by atoms with Crippen LogP contribution in [-0.4, -0.2) is 15.5 Å². The maximum absolute atomic E-state index is 12.5. The fourth-order valence-corrected chi connectivity index (χ4v) is 2.91. The fraction of sp³-hybridized carbons (Fsp3) is 0.167. The van der Waals surface area contributed by atoms with Gasteiger partial charge in [-0.15, -0.1) is 0 Å². The van der Waals surface area contributed by atoms with Gasteiger partial charge in [0, 0.05) is 22.3 Å². The van der Waals surface area contributed by atoms with Gasteiger partial charge in [-0.25, -0.2) is 0 Å². The number of aromatic nitrogens is 2. The van der Waals surface area contributed by atoms with Gasteiger partial charge in [-0.05, 0) is 55.8 Å². The Kier molecular flexibility index (Phi) is 4.59. The van der Waals surface area contributed by atoms with E-state index >= 15 is 0 Å². The third-order valence-corrected chi connectivity index (χ3v) is 4.86. The van der Waals surface area contributed by atoms with Crippen molar-refractivity contribution >= 4 is 38.6 Å². The summed E-state index contributed by atoms with van der Waals surface area (Å²) in [6, 6.07) is 10.4. The van der Waals surface area contributed by atoms with Crippen LogP contribution in [0.3, 0.4) is 0 Å². The van der Waals surface area contributed by atoms with Crippen molar-refractivity contribution < 1.29 is 4.79 Å². The minimum Gasteiger partial charge on any atom is -0.322 e. The smallest absolute Gasteiger partial charge is 0.316 e. The number of carbonyl (C=O) groups is 1. The second-order valence-electron chi connectivity index (χ2n) is 5.65. The fourth-order valence-electron chi connectivity index (χ4n) is 2.66. The molecule has 7 heteroatoms. The van der Waals surface area contributed by atoms with Gasteiger partial charge in [-0.2, -0.15) is 0 Å². The highest BCUT2D eigenvalue weighted by Crippen LogP contribution is 2.21. The highest BCUT2D eigenvalue weighted by molar-refractivity contribution is 9.10. The number of anilines is 1. The summed E-state index contributed by atoms with van der Waals surface area (Å²) in [4.78, 5) is 38.6. The van der Waals surface area contributed by atoms with Crippen molar-refractivity contribution in [1.82, 2.24) is 9.55 Å². The van der Waals surface area contributed by atoms with E-state index in [1.54, 1.807) is 31.2 Å². The molecule has 128 valence electrons. The first-order chi connectivity index (χ1) is 11.9. The molecular formula is C18H16BrN3O3. The molecule has 0 bridgehead atoms. The number of hydrogen-bond acceptors (Lipinski definition) is 3. The van der Waals surface area contributed by atoms with Crippen LogP contribution in [0.15, 0.2) is 50.5 Å². The molecule has 3 rings (SSSR count). The van der Waals surface area contributed by atoms with Crippen molar-refractivity contribution in [2.75, 3.05) is 5.32 Å². The van der Waals surface area contributed by atoms with E-state index in [0.717, 1.165) is 10.0 Å². The van der Waals surface area contributed by atoms with Crippen LogP contribution in [-0.2, 0) is 6.54 Å². The Labute approximate surface area is 151 Å². The molecule has 0 aliphatic heterocycles. The molecule has 2 aromatic carbocycles. The van der Waals surface area contributed by atoms with Gasteiger partial charge in [0.25, 0.3) is 5.91 Å². The minimum atomic E-state index is -0.699. The number of H-pyrrole nitrogens is 1. The Balaban J connectivity index is 1.99. The minimum absolute atomic E-state index is 0.293. The summed E-state index contributed by atoms with van der Waals surface area (Å²) in [6.45, 7) is 4.10. The molecule has 6 nitrogen and oxygen atoms in total. The molecule has 0 fully saturated rings. The summed E-state index contributed by atoms with van der Waals surface area (Å²) in [6.07, 6.45) is 0. The van der Waals surface area contributed by atoms with E-state index in [4.69, 9.17) is 0 Å². The van der Waals surface area contributed by atoms with Crippen LogP contribution in [0.25, 0.3) is 11.0 Å². The molecule has 25 heavy (non-hydrogen) atoms. The second kappa shape index (κ2) is 6.68. The van der Waals surface area contributed by atoms with Crippen LogP contribution in [0.5, 0.6) is 0 Å². The van der Waals surface area contributed by atoms with Gasteiger partial charge in [0.2, 0.25) is 0 Å². The lowest BCUT2D eigenvalue weighted by molar-refractivity contribution is 0.102. The standard InChI is InChI=1S/C18H16BrN3O3/c1-3-22-15-7-4-11(9-14(15)21-17(24)18(22)25)16(23)20-12-5-6-13(19)10(2)8-12/h4-9H,3H2,1-2H3,(H,20,23)(H,21,24). The maximum Gasteiger partial charge on any atom is 0.316 e. The van der Waals surface area contributed by atoms with Gasteiger partial charge >= 0.3 is 11.1 Å². The third-order valence-electron chi connectivity index (χ3n) is 3.97. The van der Waals surface area contributed by atoms with Crippen LogP contribution in [0.4, 0.5) is 5.69 Å². The molecule has 0 unspecified atom stereocenters. The number of nitrogens with one attached hydrogen (secondary N) is 2. The highest BCUT2D eigenvalue weighted by Gasteiger charge is 2.11. The second-order valence-corrected chi connectivity index (χ2v) is 6.51. The maximum atomic E-state index is 12.5. The van der Waals surface area contributed by atoms with Crippen LogP contribution in [0, 0.1) is 6.92 Å². The van der Waals surface area contributed by atoms with E-state index in [1.165, 1.54) is 4.57 Å². The number of hydrogen-bond donors (Lipinski definition) is 2. The molecule has 0 spiro atoms. The van der Waals surface area contributed by atoms with Crippen molar-refractivity contribution in [2.24, 2.45) is 0 Å². The van der Waals surface area contributed by atoms with Crippen molar-refractivity contribution in [1.29, 1.82) is 0 Å². The number of rotatable bonds is 3. The predicted octanol–water partition coefficient (Wildman–Crippen LogP) is 3.03. The SMILES string of the molecule is CCn1c(=O)c(=O)[nH]c2cc(C(=O)Nc3ccc(Br)c(C)c3)ccc21. The topological polar surface area (TPSA) is 84.0 Å². The van der Waals surface area contributed by atoms with Crippen LogP contribution >= 0.6 is 15.9 Å². The first-order valence-corrected chi connectivity index (χ1v) is 8.54. The summed E-state index contributed by atoms with van der Waals surface area (Å²) < 4.78 is 2.35. The van der Waals surface area contributed by atoms with Gasteiger partial charge in [0.15, 0.2) is 0 Å². The number of amides is 1. The Morgan fingerprint density at radius 3 is 2.64 bits per heavy atom. The number of fused-ring (bicyclic) bond motifs is 1. The normalized spacial score (nSPS) is 10.8. The average molecular weight is 402 g/mol. The van der Waals surface area contributed by atoms with E-state index in [2.05, 4.69) is 26.2 Å². The van der Waals surface area contributed by atoms with E-state index in [9.17, 15) is 14.4 Å². The summed E-state index contributed by atoms with van der Waals surface area (Å²) in [5.74, 6) is -0.293. The lowest BCUT2D eigenvalue weighted by atomic mass is 10.1. The Bertz CT molecular complexity index is 1100. The van der Waals surface area contributed by atoms with Crippen molar-refractivity contribution in [3.63, 3.8) is 0 Å². The molecule has 1 heterocycles. The molecule has 1 aromatic heterocycles. The summed E-state index contributed by atoms with van der Waals surface area (Å²) in [5, 5.41) is 2.83.